The maximum absolute atomic E-state index is 11.3. The number of allylic oxidation sites excluding steroid dienone is 2. The van der Waals surface area contributed by atoms with Gasteiger partial charge in [0.1, 0.15) is 0 Å². The minimum atomic E-state index is -0.274. The van der Waals surface area contributed by atoms with E-state index in [9.17, 15) is 4.79 Å². The van der Waals surface area contributed by atoms with Crippen LogP contribution in [0.1, 0.15) is 32.3 Å². The van der Waals surface area contributed by atoms with Crippen LogP contribution in [0.3, 0.4) is 0 Å². The Kier molecular flexibility index (Phi) is 6.55. The predicted octanol–water partition coefficient (Wildman–Crippen LogP) is 3.99. The average Bonchev–Trinajstić information content (AvgIpc) is 2.38. The molecule has 1 rings (SSSR count). The van der Waals surface area contributed by atoms with Crippen LogP contribution in [0.15, 0.2) is 48.1 Å². The second-order valence-corrected chi connectivity index (χ2v) is 4.15. The fourth-order valence-electron chi connectivity index (χ4n) is 1.42. The van der Waals surface area contributed by atoms with E-state index in [-0.39, 0.29) is 5.97 Å². The Bertz CT molecular complexity index is 416. The first kappa shape index (κ1) is 14.2. The van der Waals surface area contributed by atoms with Gasteiger partial charge < -0.3 is 4.74 Å². The van der Waals surface area contributed by atoms with E-state index in [0.717, 1.165) is 24.0 Å². The van der Waals surface area contributed by atoms with Gasteiger partial charge in [0, 0.05) is 6.08 Å². The highest BCUT2D eigenvalue weighted by Crippen LogP contribution is 2.07. The molecule has 2 nitrogen and oxygen atoms in total. The molecule has 0 aliphatic rings. The average molecular weight is 244 g/mol. The number of carbonyl (C=O) groups is 1. The molecule has 0 aliphatic carbocycles. The molecule has 0 bridgehead atoms. The van der Waals surface area contributed by atoms with Gasteiger partial charge in [-0.1, -0.05) is 61.4 Å². The lowest BCUT2D eigenvalue weighted by Gasteiger charge is -1.99. The third-order valence-corrected chi connectivity index (χ3v) is 2.42. The third-order valence-electron chi connectivity index (χ3n) is 2.42. The van der Waals surface area contributed by atoms with Crippen LogP contribution >= 0.6 is 0 Å². The van der Waals surface area contributed by atoms with Gasteiger partial charge in [-0.05, 0) is 18.9 Å². The van der Waals surface area contributed by atoms with Crippen LogP contribution in [0, 0.1) is 0 Å². The molecule has 0 fully saturated rings. The van der Waals surface area contributed by atoms with Crippen molar-refractivity contribution in [1.82, 2.24) is 0 Å². The lowest BCUT2D eigenvalue weighted by atomic mass is 10.1. The summed E-state index contributed by atoms with van der Waals surface area (Å²) >= 11 is 0. The molecule has 0 heterocycles. The Morgan fingerprint density at radius 3 is 2.61 bits per heavy atom. The van der Waals surface area contributed by atoms with Crippen molar-refractivity contribution in [2.75, 3.05) is 6.61 Å². The predicted molar refractivity (Wildman–Crippen MR) is 75.1 cm³/mol. The first-order valence-corrected chi connectivity index (χ1v) is 6.30. The summed E-state index contributed by atoms with van der Waals surface area (Å²) in [5.41, 5.74) is 2.15. The van der Waals surface area contributed by atoms with Gasteiger partial charge in [0.25, 0.3) is 0 Å². The molecule has 96 valence electrons. The molecule has 0 saturated carbocycles. The molecule has 1 aromatic carbocycles. The first-order valence-electron chi connectivity index (χ1n) is 6.30. The second kappa shape index (κ2) is 8.29. The normalized spacial score (nSPS) is 11.8. The van der Waals surface area contributed by atoms with Crippen molar-refractivity contribution in [3.63, 3.8) is 0 Å². The van der Waals surface area contributed by atoms with Gasteiger partial charge in [-0.15, -0.1) is 0 Å². The molecule has 0 N–H and O–H groups in total. The molecule has 0 radical (unpaired) electrons. The number of benzene rings is 1. The van der Waals surface area contributed by atoms with Crippen molar-refractivity contribution in [2.24, 2.45) is 0 Å². The molecule has 0 aliphatic heterocycles. The zero-order valence-electron chi connectivity index (χ0n) is 11.1. The smallest absolute Gasteiger partial charge is 0.330 e. The Balaban J connectivity index is 2.46. The van der Waals surface area contributed by atoms with Crippen molar-refractivity contribution in [3.8, 4) is 0 Å². The Labute approximate surface area is 109 Å². The summed E-state index contributed by atoms with van der Waals surface area (Å²) in [4.78, 5) is 11.3. The van der Waals surface area contributed by atoms with Gasteiger partial charge in [-0.2, -0.15) is 0 Å². The van der Waals surface area contributed by atoms with Crippen LogP contribution in [-0.2, 0) is 9.53 Å². The van der Waals surface area contributed by atoms with E-state index in [1.165, 1.54) is 6.08 Å². The van der Waals surface area contributed by atoms with Crippen molar-refractivity contribution in [2.45, 2.75) is 26.7 Å². The van der Waals surface area contributed by atoms with Crippen LogP contribution in [-0.4, -0.2) is 12.6 Å². The van der Waals surface area contributed by atoms with Crippen LogP contribution in [0.25, 0.3) is 6.08 Å². The van der Waals surface area contributed by atoms with Crippen LogP contribution < -0.4 is 0 Å². The summed E-state index contributed by atoms with van der Waals surface area (Å²) in [6, 6.07) is 10.0. The Hall–Kier alpha value is -1.83. The molecule has 0 saturated heterocycles. The fraction of sp³-hybridized carbons (Fsp3) is 0.312. The summed E-state index contributed by atoms with van der Waals surface area (Å²) < 4.78 is 5.03. The highest BCUT2D eigenvalue weighted by molar-refractivity contribution is 5.82. The molecule has 18 heavy (non-hydrogen) atoms. The van der Waals surface area contributed by atoms with Crippen molar-refractivity contribution >= 4 is 12.0 Å². The number of ether oxygens (including phenoxy) is 1. The first-order chi connectivity index (χ1) is 8.72. The number of unbranched alkanes of at least 4 members (excludes halogenated alkanes) is 1. The minimum Gasteiger partial charge on any atom is -0.463 e. The number of hydrogen-bond donors (Lipinski definition) is 0. The zero-order chi connectivity index (χ0) is 13.2. The van der Waals surface area contributed by atoms with Crippen LogP contribution in [0.4, 0.5) is 0 Å². The molecule has 0 unspecified atom stereocenters. The van der Waals surface area contributed by atoms with Crippen molar-refractivity contribution < 1.29 is 9.53 Å². The van der Waals surface area contributed by atoms with Gasteiger partial charge in [-0.3, -0.25) is 0 Å². The van der Waals surface area contributed by atoms with E-state index in [1.54, 1.807) is 6.08 Å². The summed E-state index contributed by atoms with van der Waals surface area (Å²) in [5, 5.41) is 0. The maximum atomic E-state index is 11.3. The number of carbonyl (C=O) groups excluding carboxylic acids is 1. The number of rotatable bonds is 6. The van der Waals surface area contributed by atoms with Crippen LogP contribution in [0.2, 0.25) is 0 Å². The molecule has 0 atom stereocenters. The van der Waals surface area contributed by atoms with Gasteiger partial charge in [-0.25, -0.2) is 4.79 Å². The summed E-state index contributed by atoms with van der Waals surface area (Å²) in [6.45, 7) is 4.53. The number of esters is 1. The molecular formula is C16H20O2. The van der Waals surface area contributed by atoms with E-state index in [2.05, 4.69) is 6.92 Å². The second-order valence-electron chi connectivity index (χ2n) is 4.15. The zero-order valence-corrected chi connectivity index (χ0v) is 11.1. The molecule has 0 amide bonds. The highest BCUT2D eigenvalue weighted by atomic mass is 16.5. The van der Waals surface area contributed by atoms with Gasteiger partial charge >= 0.3 is 5.97 Å². The minimum absolute atomic E-state index is 0.274. The monoisotopic (exact) mass is 244 g/mol. The van der Waals surface area contributed by atoms with Gasteiger partial charge in [0.15, 0.2) is 0 Å². The maximum Gasteiger partial charge on any atom is 0.330 e. The van der Waals surface area contributed by atoms with E-state index in [4.69, 9.17) is 4.74 Å². The van der Waals surface area contributed by atoms with Gasteiger partial charge in [0.2, 0.25) is 0 Å². The lowest BCUT2D eigenvalue weighted by molar-refractivity contribution is -0.137. The van der Waals surface area contributed by atoms with E-state index in [0.29, 0.717) is 6.61 Å². The quantitative estimate of drug-likeness (QED) is 0.327. The molecular weight excluding hydrogens is 224 g/mol. The topological polar surface area (TPSA) is 26.3 Å². The van der Waals surface area contributed by atoms with Crippen molar-refractivity contribution in [1.29, 1.82) is 0 Å². The molecule has 0 spiro atoms. The molecule has 0 aromatic heterocycles. The summed E-state index contributed by atoms with van der Waals surface area (Å²) in [6.07, 6.45) is 7.23. The largest absolute Gasteiger partial charge is 0.463 e. The fourth-order valence-corrected chi connectivity index (χ4v) is 1.42. The Morgan fingerprint density at radius 1 is 1.22 bits per heavy atom. The summed E-state index contributed by atoms with van der Waals surface area (Å²) in [5.74, 6) is -0.274. The van der Waals surface area contributed by atoms with Crippen molar-refractivity contribution in [3.05, 3.63) is 53.6 Å². The lowest BCUT2D eigenvalue weighted by Crippen LogP contribution is -2.01. The van der Waals surface area contributed by atoms with E-state index < -0.39 is 0 Å². The van der Waals surface area contributed by atoms with Gasteiger partial charge in [0.05, 0.1) is 6.61 Å². The standard InChI is InChI=1S/C16H20O2/c1-3-4-12-18-16(17)11-10-14(2)13-15-8-6-5-7-9-15/h5-11,13H,3-4,12H2,1-2H3/b11-10+,14-13+. The highest BCUT2D eigenvalue weighted by Gasteiger charge is 1.95. The van der Waals surface area contributed by atoms with E-state index >= 15 is 0 Å². The molecule has 2 heteroatoms. The summed E-state index contributed by atoms with van der Waals surface area (Å²) in [7, 11) is 0. The molecule has 1 aromatic rings. The third kappa shape index (κ3) is 6.04. The number of hydrogen-bond acceptors (Lipinski definition) is 2. The van der Waals surface area contributed by atoms with E-state index in [1.807, 2.05) is 43.3 Å². The van der Waals surface area contributed by atoms with Crippen LogP contribution in [0.5, 0.6) is 0 Å². The Morgan fingerprint density at radius 2 is 1.94 bits per heavy atom. The SMILES string of the molecule is CCCCOC(=O)/C=C/C(C)=C/c1ccccc1.